The van der Waals surface area contributed by atoms with E-state index in [1.165, 1.54) is 5.56 Å². The van der Waals surface area contributed by atoms with Crippen LogP contribution < -0.4 is 10.1 Å². The fourth-order valence-electron chi connectivity index (χ4n) is 1.86. The van der Waals surface area contributed by atoms with Gasteiger partial charge in [0.05, 0.1) is 6.61 Å². The molecule has 1 amide bonds. The fourth-order valence-corrected chi connectivity index (χ4v) is 2.42. The van der Waals surface area contributed by atoms with Gasteiger partial charge in [0.2, 0.25) is 5.91 Å². The standard InChI is InChI=1S/C13H16BrNO2/c1-8(2)13(16)15-7-10-6-11(14)5-9-3-4-17-12(9)10/h5-6,8H,3-4,7H2,1-2H3,(H,15,16). The van der Waals surface area contributed by atoms with E-state index in [-0.39, 0.29) is 11.8 Å². The van der Waals surface area contributed by atoms with E-state index < -0.39 is 0 Å². The van der Waals surface area contributed by atoms with Gasteiger partial charge >= 0.3 is 0 Å². The van der Waals surface area contributed by atoms with Gasteiger partial charge in [-0.25, -0.2) is 0 Å². The summed E-state index contributed by atoms with van der Waals surface area (Å²) in [4.78, 5) is 11.5. The number of fused-ring (bicyclic) bond motifs is 1. The van der Waals surface area contributed by atoms with E-state index in [2.05, 4.69) is 27.3 Å². The maximum Gasteiger partial charge on any atom is 0.222 e. The van der Waals surface area contributed by atoms with Gasteiger partial charge in [0.15, 0.2) is 0 Å². The van der Waals surface area contributed by atoms with E-state index in [9.17, 15) is 4.79 Å². The van der Waals surface area contributed by atoms with E-state index in [4.69, 9.17) is 4.74 Å². The SMILES string of the molecule is CC(C)C(=O)NCc1cc(Br)cc2c1OCC2. The van der Waals surface area contributed by atoms with Crippen LogP contribution in [0.1, 0.15) is 25.0 Å². The highest BCUT2D eigenvalue weighted by Crippen LogP contribution is 2.32. The van der Waals surface area contributed by atoms with Gasteiger partial charge in [-0.1, -0.05) is 29.8 Å². The number of hydrogen-bond acceptors (Lipinski definition) is 2. The second-order valence-electron chi connectivity index (χ2n) is 4.52. The molecule has 2 rings (SSSR count). The zero-order chi connectivity index (χ0) is 12.4. The van der Waals surface area contributed by atoms with E-state index in [0.29, 0.717) is 6.54 Å². The highest BCUT2D eigenvalue weighted by molar-refractivity contribution is 9.10. The van der Waals surface area contributed by atoms with Crippen LogP contribution >= 0.6 is 15.9 Å². The molecule has 0 aliphatic carbocycles. The summed E-state index contributed by atoms with van der Waals surface area (Å²) in [6, 6.07) is 4.08. The first-order valence-corrected chi connectivity index (χ1v) is 6.59. The van der Waals surface area contributed by atoms with Crippen LogP contribution in [0.2, 0.25) is 0 Å². The van der Waals surface area contributed by atoms with Gasteiger partial charge in [-0.15, -0.1) is 0 Å². The zero-order valence-electron chi connectivity index (χ0n) is 10.0. The summed E-state index contributed by atoms with van der Waals surface area (Å²) < 4.78 is 6.64. The number of ether oxygens (including phenoxy) is 1. The van der Waals surface area contributed by atoms with Crippen LogP contribution in [-0.4, -0.2) is 12.5 Å². The molecule has 0 fully saturated rings. The maximum atomic E-state index is 11.5. The summed E-state index contributed by atoms with van der Waals surface area (Å²) in [5.41, 5.74) is 2.26. The Bertz CT molecular complexity index is 443. The third-order valence-electron chi connectivity index (χ3n) is 2.80. The van der Waals surface area contributed by atoms with Crippen molar-refractivity contribution in [2.45, 2.75) is 26.8 Å². The highest BCUT2D eigenvalue weighted by atomic mass is 79.9. The van der Waals surface area contributed by atoms with Crippen molar-refractivity contribution in [1.82, 2.24) is 5.32 Å². The zero-order valence-corrected chi connectivity index (χ0v) is 11.6. The maximum absolute atomic E-state index is 11.5. The number of carbonyl (C=O) groups excluding carboxylic acids is 1. The van der Waals surface area contributed by atoms with Gasteiger partial charge in [0, 0.05) is 28.9 Å². The lowest BCUT2D eigenvalue weighted by Crippen LogP contribution is -2.27. The van der Waals surface area contributed by atoms with Crippen LogP contribution in [0.4, 0.5) is 0 Å². The highest BCUT2D eigenvalue weighted by Gasteiger charge is 2.18. The Morgan fingerprint density at radius 1 is 1.53 bits per heavy atom. The molecule has 0 aromatic heterocycles. The Kier molecular flexibility index (Phi) is 3.72. The number of nitrogens with one attached hydrogen (secondary N) is 1. The van der Waals surface area contributed by atoms with Gasteiger partial charge in [-0.3, -0.25) is 4.79 Å². The molecular formula is C13H16BrNO2. The second kappa shape index (κ2) is 5.08. The Hall–Kier alpha value is -1.03. The average molecular weight is 298 g/mol. The van der Waals surface area contributed by atoms with Crippen molar-refractivity contribution in [3.63, 3.8) is 0 Å². The summed E-state index contributed by atoms with van der Waals surface area (Å²) in [7, 11) is 0. The molecule has 0 saturated carbocycles. The van der Waals surface area contributed by atoms with Crippen LogP contribution in [0.25, 0.3) is 0 Å². The molecule has 0 bridgehead atoms. The molecule has 1 aromatic carbocycles. The molecule has 1 aliphatic heterocycles. The lowest BCUT2D eigenvalue weighted by Gasteiger charge is -2.11. The molecule has 92 valence electrons. The molecule has 1 heterocycles. The van der Waals surface area contributed by atoms with Crippen molar-refractivity contribution < 1.29 is 9.53 Å². The number of rotatable bonds is 3. The summed E-state index contributed by atoms with van der Waals surface area (Å²) in [5, 5.41) is 2.92. The molecule has 1 aromatic rings. The van der Waals surface area contributed by atoms with Crippen molar-refractivity contribution in [3.05, 3.63) is 27.7 Å². The molecule has 1 N–H and O–H groups in total. The third kappa shape index (κ3) is 2.80. The van der Waals surface area contributed by atoms with Crippen molar-refractivity contribution >= 4 is 21.8 Å². The lowest BCUT2D eigenvalue weighted by atomic mass is 10.1. The summed E-state index contributed by atoms with van der Waals surface area (Å²) in [5.74, 6) is 1.02. The van der Waals surface area contributed by atoms with Gasteiger partial charge in [0.1, 0.15) is 5.75 Å². The molecule has 4 heteroatoms. The first kappa shape index (κ1) is 12.4. The first-order valence-electron chi connectivity index (χ1n) is 5.79. The molecule has 0 unspecified atom stereocenters. The number of benzene rings is 1. The van der Waals surface area contributed by atoms with Crippen molar-refractivity contribution in [2.75, 3.05) is 6.61 Å². The molecular weight excluding hydrogens is 282 g/mol. The lowest BCUT2D eigenvalue weighted by molar-refractivity contribution is -0.124. The summed E-state index contributed by atoms with van der Waals surface area (Å²) in [6.07, 6.45) is 0.944. The van der Waals surface area contributed by atoms with E-state index in [0.717, 1.165) is 28.8 Å². The largest absolute Gasteiger partial charge is 0.493 e. The number of hydrogen-bond donors (Lipinski definition) is 1. The average Bonchev–Trinajstić information content (AvgIpc) is 2.72. The molecule has 1 aliphatic rings. The summed E-state index contributed by atoms with van der Waals surface area (Å²) >= 11 is 3.48. The minimum Gasteiger partial charge on any atom is -0.493 e. The predicted octanol–water partition coefficient (Wildman–Crippen LogP) is 2.66. The van der Waals surface area contributed by atoms with E-state index >= 15 is 0 Å². The van der Waals surface area contributed by atoms with Crippen LogP contribution in [0.15, 0.2) is 16.6 Å². The molecule has 0 atom stereocenters. The van der Waals surface area contributed by atoms with Crippen LogP contribution in [-0.2, 0) is 17.8 Å². The van der Waals surface area contributed by atoms with E-state index in [1.807, 2.05) is 19.9 Å². The van der Waals surface area contributed by atoms with Crippen LogP contribution in [0.3, 0.4) is 0 Å². The normalized spacial score (nSPS) is 13.4. The predicted molar refractivity (Wildman–Crippen MR) is 70.0 cm³/mol. The minimum absolute atomic E-state index is 0.0103. The molecule has 0 radical (unpaired) electrons. The monoisotopic (exact) mass is 297 g/mol. The third-order valence-corrected chi connectivity index (χ3v) is 3.26. The number of amides is 1. The van der Waals surface area contributed by atoms with Crippen molar-refractivity contribution in [1.29, 1.82) is 0 Å². The quantitative estimate of drug-likeness (QED) is 0.931. The van der Waals surface area contributed by atoms with Gasteiger partial charge in [-0.2, -0.15) is 0 Å². The Morgan fingerprint density at radius 2 is 2.29 bits per heavy atom. The smallest absolute Gasteiger partial charge is 0.222 e. The van der Waals surface area contributed by atoms with Crippen molar-refractivity contribution in [3.8, 4) is 5.75 Å². The van der Waals surface area contributed by atoms with E-state index in [1.54, 1.807) is 0 Å². The second-order valence-corrected chi connectivity index (χ2v) is 5.44. The van der Waals surface area contributed by atoms with Crippen LogP contribution in [0.5, 0.6) is 5.75 Å². The van der Waals surface area contributed by atoms with Gasteiger partial charge < -0.3 is 10.1 Å². The Balaban J connectivity index is 2.13. The van der Waals surface area contributed by atoms with Crippen molar-refractivity contribution in [2.24, 2.45) is 5.92 Å². The fraction of sp³-hybridized carbons (Fsp3) is 0.462. The number of halogens is 1. The number of carbonyl (C=O) groups is 1. The van der Waals surface area contributed by atoms with Gasteiger partial charge in [-0.05, 0) is 17.7 Å². The Morgan fingerprint density at radius 3 is 3.00 bits per heavy atom. The minimum atomic E-state index is 0.0103. The topological polar surface area (TPSA) is 38.3 Å². The summed E-state index contributed by atoms with van der Waals surface area (Å²) in [6.45, 7) is 5.03. The molecule has 0 spiro atoms. The first-order chi connectivity index (χ1) is 8.08. The molecule has 0 saturated heterocycles. The van der Waals surface area contributed by atoms with Crippen LogP contribution in [0, 0.1) is 5.92 Å². The van der Waals surface area contributed by atoms with Gasteiger partial charge in [0.25, 0.3) is 0 Å². The molecule has 3 nitrogen and oxygen atoms in total. The molecule has 17 heavy (non-hydrogen) atoms. The Labute approximate surface area is 110 Å².